The van der Waals surface area contributed by atoms with E-state index in [0.717, 1.165) is 4.47 Å². The minimum absolute atomic E-state index is 0.0237. The first-order valence-corrected chi connectivity index (χ1v) is 10.7. The number of hydrogen-bond acceptors (Lipinski definition) is 6. The quantitative estimate of drug-likeness (QED) is 0.203. The van der Waals surface area contributed by atoms with Crippen LogP contribution in [-0.4, -0.2) is 20.8 Å². The summed E-state index contributed by atoms with van der Waals surface area (Å²) in [5.74, 6) is 1.36. The molecule has 0 spiro atoms. The number of furan rings is 1. The van der Waals surface area contributed by atoms with Crippen LogP contribution in [0.4, 0.5) is 5.69 Å². The van der Waals surface area contributed by atoms with Gasteiger partial charge in [0.05, 0.1) is 22.0 Å². The van der Waals surface area contributed by atoms with Gasteiger partial charge in [0.25, 0.3) is 11.2 Å². The highest BCUT2D eigenvalue weighted by molar-refractivity contribution is 9.10. The molecule has 0 fully saturated rings. The summed E-state index contributed by atoms with van der Waals surface area (Å²) in [4.78, 5) is 28.5. The number of nitrogens with zero attached hydrogens (tertiary/aromatic N) is 4. The first kappa shape index (κ1) is 21.6. The van der Waals surface area contributed by atoms with Crippen LogP contribution < -0.4 is 5.56 Å². The number of fused-ring (bicyclic) bond motifs is 1. The van der Waals surface area contributed by atoms with Crippen LogP contribution in [0.3, 0.4) is 0 Å². The van der Waals surface area contributed by atoms with Crippen molar-refractivity contribution in [3.63, 3.8) is 0 Å². The number of halogens is 1. The minimum Gasteiger partial charge on any atom is -0.455 e. The number of benzene rings is 2. The van der Waals surface area contributed by atoms with Gasteiger partial charge in [0.15, 0.2) is 0 Å². The Morgan fingerprint density at radius 3 is 2.69 bits per heavy atom. The number of rotatable bonds is 5. The lowest BCUT2D eigenvalue weighted by atomic mass is 10.1. The lowest BCUT2D eigenvalue weighted by Crippen LogP contribution is -2.23. The SMILES string of the molecule is Cc1ccc(-c2ccc(C=Nn3c(C(C)C)nc4ccc(Br)cc4c3=O)o2)cc1[N+](=O)[O-]. The molecule has 2 aromatic heterocycles. The second-order valence-corrected chi connectivity index (χ2v) is 8.52. The highest BCUT2D eigenvalue weighted by atomic mass is 79.9. The molecule has 2 aromatic carbocycles. The summed E-state index contributed by atoms with van der Waals surface area (Å²) in [7, 11) is 0. The number of aryl methyl sites for hydroxylation is 1. The smallest absolute Gasteiger partial charge is 0.282 e. The van der Waals surface area contributed by atoms with Crippen molar-refractivity contribution in [3.05, 3.63) is 90.6 Å². The van der Waals surface area contributed by atoms with E-state index < -0.39 is 4.92 Å². The standard InChI is InChI=1S/C23H19BrN4O4/c1-13(2)22-26-19-8-6-16(24)11-18(19)23(29)27(22)25-12-17-7-9-21(32-17)15-5-4-14(3)20(10-15)28(30)31/h4-13H,1-3H3. The summed E-state index contributed by atoms with van der Waals surface area (Å²) >= 11 is 3.39. The fraction of sp³-hybridized carbons (Fsp3) is 0.174. The Kier molecular flexibility index (Phi) is 5.75. The van der Waals surface area contributed by atoms with Crippen molar-refractivity contribution in [2.45, 2.75) is 26.7 Å². The van der Waals surface area contributed by atoms with E-state index in [1.54, 1.807) is 43.3 Å². The average Bonchev–Trinajstić information content (AvgIpc) is 3.22. The molecule has 4 aromatic rings. The molecule has 0 unspecified atom stereocenters. The molecule has 0 aliphatic heterocycles. The van der Waals surface area contributed by atoms with Crippen LogP contribution in [-0.2, 0) is 0 Å². The second kappa shape index (κ2) is 8.51. The number of nitro groups is 1. The maximum atomic E-state index is 13.1. The van der Waals surface area contributed by atoms with E-state index in [1.165, 1.54) is 17.0 Å². The molecule has 0 atom stereocenters. The summed E-state index contributed by atoms with van der Waals surface area (Å²) < 4.78 is 7.85. The summed E-state index contributed by atoms with van der Waals surface area (Å²) in [6.07, 6.45) is 1.44. The van der Waals surface area contributed by atoms with E-state index in [9.17, 15) is 14.9 Å². The fourth-order valence-corrected chi connectivity index (χ4v) is 3.66. The van der Waals surface area contributed by atoms with Crippen LogP contribution >= 0.6 is 15.9 Å². The Morgan fingerprint density at radius 1 is 1.19 bits per heavy atom. The molecule has 162 valence electrons. The lowest BCUT2D eigenvalue weighted by molar-refractivity contribution is -0.385. The predicted molar refractivity (Wildman–Crippen MR) is 126 cm³/mol. The van der Waals surface area contributed by atoms with Gasteiger partial charge in [-0.25, -0.2) is 4.98 Å². The van der Waals surface area contributed by atoms with Crippen LogP contribution in [0.2, 0.25) is 0 Å². The third-order valence-electron chi connectivity index (χ3n) is 4.97. The summed E-state index contributed by atoms with van der Waals surface area (Å²) in [5.41, 5.74) is 1.50. The van der Waals surface area contributed by atoms with Gasteiger partial charge in [-0.1, -0.05) is 41.9 Å². The van der Waals surface area contributed by atoms with Crippen LogP contribution in [0, 0.1) is 17.0 Å². The van der Waals surface area contributed by atoms with Crippen molar-refractivity contribution < 1.29 is 9.34 Å². The first-order valence-electron chi connectivity index (χ1n) is 9.86. The molecule has 32 heavy (non-hydrogen) atoms. The summed E-state index contributed by atoms with van der Waals surface area (Å²) in [5, 5.41) is 16.0. The molecule has 0 radical (unpaired) electrons. The van der Waals surface area contributed by atoms with Crippen molar-refractivity contribution in [1.29, 1.82) is 0 Å². The molecular weight excluding hydrogens is 476 g/mol. The van der Waals surface area contributed by atoms with E-state index in [-0.39, 0.29) is 17.2 Å². The maximum absolute atomic E-state index is 13.1. The fourth-order valence-electron chi connectivity index (χ4n) is 3.30. The van der Waals surface area contributed by atoms with E-state index in [2.05, 4.69) is 26.0 Å². The van der Waals surface area contributed by atoms with Crippen molar-refractivity contribution in [2.24, 2.45) is 5.10 Å². The molecule has 2 heterocycles. The van der Waals surface area contributed by atoms with Gasteiger partial charge >= 0.3 is 0 Å². The predicted octanol–water partition coefficient (Wildman–Crippen LogP) is 5.64. The van der Waals surface area contributed by atoms with Gasteiger partial charge in [0, 0.05) is 27.6 Å². The molecule has 0 amide bonds. The van der Waals surface area contributed by atoms with E-state index in [0.29, 0.717) is 39.4 Å². The molecule has 0 saturated heterocycles. The van der Waals surface area contributed by atoms with Crippen LogP contribution in [0.5, 0.6) is 0 Å². The molecule has 4 rings (SSSR count). The monoisotopic (exact) mass is 494 g/mol. The lowest BCUT2D eigenvalue weighted by Gasteiger charge is -2.11. The van der Waals surface area contributed by atoms with Gasteiger partial charge in [-0.15, -0.1) is 0 Å². The van der Waals surface area contributed by atoms with Crippen LogP contribution in [0.25, 0.3) is 22.2 Å². The molecule has 0 N–H and O–H groups in total. The van der Waals surface area contributed by atoms with Gasteiger partial charge in [-0.05, 0) is 37.3 Å². The van der Waals surface area contributed by atoms with E-state index in [4.69, 9.17) is 4.42 Å². The van der Waals surface area contributed by atoms with E-state index >= 15 is 0 Å². The van der Waals surface area contributed by atoms with Crippen LogP contribution in [0.15, 0.2) is 67.3 Å². The summed E-state index contributed by atoms with van der Waals surface area (Å²) in [6.45, 7) is 5.56. The zero-order valence-electron chi connectivity index (χ0n) is 17.6. The minimum atomic E-state index is -0.422. The van der Waals surface area contributed by atoms with Crippen molar-refractivity contribution in [1.82, 2.24) is 9.66 Å². The Morgan fingerprint density at radius 2 is 1.97 bits per heavy atom. The molecule has 0 saturated carbocycles. The largest absolute Gasteiger partial charge is 0.455 e. The third kappa shape index (κ3) is 4.11. The Balaban J connectivity index is 1.73. The highest BCUT2D eigenvalue weighted by Gasteiger charge is 2.15. The van der Waals surface area contributed by atoms with Crippen molar-refractivity contribution in [2.75, 3.05) is 0 Å². The molecule has 0 aliphatic rings. The molecule has 0 bridgehead atoms. The normalized spacial score (nSPS) is 11.7. The zero-order chi connectivity index (χ0) is 23.0. The zero-order valence-corrected chi connectivity index (χ0v) is 19.2. The number of aromatic nitrogens is 2. The van der Waals surface area contributed by atoms with Crippen molar-refractivity contribution >= 4 is 38.7 Å². The highest BCUT2D eigenvalue weighted by Crippen LogP contribution is 2.28. The molecular formula is C23H19BrN4O4. The third-order valence-corrected chi connectivity index (χ3v) is 5.46. The molecule has 9 heteroatoms. The van der Waals surface area contributed by atoms with Gasteiger partial charge in [0.1, 0.15) is 17.3 Å². The van der Waals surface area contributed by atoms with Gasteiger partial charge in [0.2, 0.25) is 0 Å². The molecule has 8 nitrogen and oxygen atoms in total. The average molecular weight is 495 g/mol. The van der Waals surface area contributed by atoms with Gasteiger partial charge < -0.3 is 4.42 Å². The topological polar surface area (TPSA) is 104 Å². The summed E-state index contributed by atoms with van der Waals surface area (Å²) in [6, 6.07) is 13.7. The molecule has 0 aliphatic carbocycles. The maximum Gasteiger partial charge on any atom is 0.282 e. The number of nitro benzene ring substituents is 1. The van der Waals surface area contributed by atoms with Crippen LogP contribution in [0.1, 0.15) is 36.9 Å². The number of hydrogen-bond donors (Lipinski definition) is 0. The first-order chi connectivity index (χ1) is 15.2. The van der Waals surface area contributed by atoms with E-state index in [1.807, 2.05) is 19.9 Å². The Labute approximate surface area is 191 Å². The Hall–Kier alpha value is -3.59. The second-order valence-electron chi connectivity index (χ2n) is 7.61. The Bertz CT molecular complexity index is 1440. The van der Waals surface area contributed by atoms with Crippen molar-refractivity contribution in [3.8, 4) is 11.3 Å². The van der Waals surface area contributed by atoms with Gasteiger partial charge in [-0.3, -0.25) is 14.9 Å². The van der Waals surface area contributed by atoms with Gasteiger partial charge in [-0.2, -0.15) is 9.78 Å².